The summed E-state index contributed by atoms with van der Waals surface area (Å²) in [6, 6.07) is 23.5. The highest BCUT2D eigenvalue weighted by atomic mass is 32.1. The highest BCUT2D eigenvalue weighted by Crippen LogP contribution is 2.43. The van der Waals surface area contributed by atoms with Crippen molar-refractivity contribution in [1.82, 2.24) is 14.9 Å². The summed E-state index contributed by atoms with van der Waals surface area (Å²) < 4.78 is 7.40. The maximum atomic E-state index is 11.4. The molecule has 4 aromatic rings. The van der Waals surface area contributed by atoms with Gasteiger partial charge in [0.15, 0.2) is 5.11 Å². The molecule has 1 N–H and O–H groups in total. The van der Waals surface area contributed by atoms with Gasteiger partial charge in [-0.2, -0.15) is 0 Å². The molecule has 3 heterocycles. The Hall–Kier alpha value is -4.24. The van der Waals surface area contributed by atoms with Crippen molar-refractivity contribution >= 4 is 28.7 Å². The van der Waals surface area contributed by atoms with Crippen LogP contribution in [0, 0.1) is 10.1 Å². The van der Waals surface area contributed by atoms with Crippen LogP contribution in [0.4, 0.5) is 11.4 Å². The van der Waals surface area contributed by atoms with Gasteiger partial charge in [0, 0.05) is 42.0 Å². The average molecular weight is 472 g/mol. The van der Waals surface area contributed by atoms with Crippen molar-refractivity contribution in [3.05, 3.63) is 113 Å². The molecule has 5 rings (SSSR count). The fourth-order valence-corrected chi connectivity index (χ4v) is 4.67. The van der Waals surface area contributed by atoms with Gasteiger partial charge >= 0.3 is 0 Å². The van der Waals surface area contributed by atoms with Crippen LogP contribution in [0.1, 0.15) is 23.5 Å². The van der Waals surface area contributed by atoms with Crippen LogP contribution in [0.3, 0.4) is 0 Å². The highest BCUT2D eigenvalue weighted by Gasteiger charge is 2.42. The number of thiocarbonyl (C=S) groups is 1. The number of pyridine rings is 1. The summed E-state index contributed by atoms with van der Waals surface area (Å²) in [7, 11) is 1.63. The van der Waals surface area contributed by atoms with Gasteiger partial charge in [-0.1, -0.05) is 18.2 Å². The molecule has 0 bridgehead atoms. The minimum Gasteiger partial charge on any atom is -0.497 e. The quantitative estimate of drug-likeness (QED) is 0.241. The van der Waals surface area contributed by atoms with E-state index in [-0.39, 0.29) is 17.8 Å². The summed E-state index contributed by atoms with van der Waals surface area (Å²) in [5.74, 6) is 0.717. The fourth-order valence-electron chi connectivity index (χ4n) is 4.32. The van der Waals surface area contributed by atoms with Crippen LogP contribution in [0.5, 0.6) is 5.75 Å². The number of non-ortho nitro benzene ring substituents is 1. The van der Waals surface area contributed by atoms with Crippen LogP contribution < -0.4 is 15.0 Å². The Morgan fingerprint density at radius 1 is 1.03 bits per heavy atom. The van der Waals surface area contributed by atoms with E-state index in [4.69, 9.17) is 17.0 Å². The minimum absolute atomic E-state index is 0.0307. The summed E-state index contributed by atoms with van der Waals surface area (Å²) in [6.45, 7) is 0. The molecule has 0 unspecified atom stereocenters. The molecule has 2 atom stereocenters. The molecule has 0 spiro atoms. The smallest absolute Gasteiger partial charge is 0.271 e. The first-order valence-electron chi connectivity index (χ1n) is 10.6. The van der Waals surface area contributed by atoms with Crippen molar-refractivity contribution in [2.45, 2.75) is 12.1 Å². The molecule has 9 heteroatoms. The summed E-state index contributed by atoms with van der Waals surface area (Å²) in [5.41, 5.74) is 3.34. The van der Waals surface area contributed by atoms with E-state index in [9.17, 15) is 10.1 Å². The molecule has 1 aliphatic rings. The summed E-state index contributed by atoms with van der Waals surface area (Å²) in [4.78, 5) is 17.6. The molecule has 1 fully saturated rings. The first-order valence-corrected chi connectivity index (χ1v) is 11.0. The second kappa shape index (κ2) is 8.95. The van der Waals surface area contributed by atoms with Gasteiger partial charge in [-0.25, -0.2) is 0 Å². The van der Waals surface area contributed by atoms with Crippen molar-refractivity contribution in [2.75, 3.05) is 12.0 Å². The van der Waals surface area contributed by atoms with Gasteiger partial charge in [0.1, 0.15) is 11.8 Å². The Balaban J connectivity index is 1.67. The number of benzene rings is 2. The molecule has 2 aromatic carbocycles. The van der Waals surface area contributed by atoms with Crippen LogP contribution in [-0.4, -0.2) is 26.7 Å². The molecule has 170 valence electrons. The van der Waals surface area contributed by atoms with E-state index in [1.165, 1.54) is 6.07 Å². The number of anilines is 1. The second-order valence-corrected chi connectivity index (χ2v) is 8.16. The standard InChI is InChI=1S/C25H21N5O3S/c1-33-20-10-5-8-18(16-20)29-24(23(27-25(29)34)21-11-2-3-13-26-21)22-12-6-14-28(22)17-7-4-9-19(15-17)30(31)32/h2-16,23-24H,1H3,(H,27,34)/t23-,24-/m1/s1. The van der Waals surface area contributed by atoms with Crippen molar-refractivity contribution in [1.29, 1.82) is 0 Å². The van der Waals surface area contributed by atoms with Crippen molar-refractivity contribution in [2.24, 2.45) is 0 Å². The number of nitrogens with one attached hydrogen (secondary N) is 1. The Kier molecular flexibility index (Phi) is 5.69. The molecule has 0 aliphatic carbocycles. The van der Waals surface area contributed by atoms with Crippen LogP contribution >= 0.6 is 12.2 Å². The zero-order chi connectivity index (χ0) is 23.7. The van der Waals surface area contributed by atoms with Crippen LogP contribution in [0.2, 0.25) is 0 Å². The minimum atomic E-state index is -0.391. The van der Waals surface area contributed by atoms with E-state index in [0.29, 0.717) is 10.8 Å². The number of ether oxygens (including phenoxy) is 1. The maximum Gasteiger partial charge on any atom is 0.271 e. The van der Waals surface area contributed by atoms with E-state index in [2.05, 4.69) is 10.3 Å². The third-order valence-electron chi connectivity index (χ3n) is 5.83. The Morgan fingerprint density at radius 2 is 1.85 bits per heavy atom. The van der Waals surface area contributed by atoms with Crippen LogP contribution in [0.15, 0.2) is 91.3 Å². The number of aromatic nitrogens is 2. The molecule has 8 nitrogen and oxygen atoms in total. The number of hydrogen-bond acceptors (Lipinski definition) is 5. The number of nitro groups is 1. The van der Waals surface area contributed by atoms with Gasteiger partial charge in [0.25, 0.3) is 5.69 Å². The highest BCUT2D eigenvalue weighted by molar-refractivity contribution is 7.80. The van der Waals surface area contributed by atoms with E-state index in [0.717, 1.165) is 22.8 Å². The first kappa shape index (κ1) is 21.6. The van der Waals surface area contributed by atoms with E-state index >= 15 is 0 Å². The van der Waals surface area contributed by atoms with E-state index in [1.54, 1.807) is 25.4 Å². The van der Waals surface area contributed by atoms with Gasteiger partial charge in [-0.15, -0.1) is 0 Å². The lowest BCUT2D eigenvalue weighted by molar-refractivity contribution is -0.384. The molecular weight excluding hydrogens is 450 g/mol. The molecule has 0 radical (unpaired) electrons. The molecular formula is C25H21N5O3S. The van der Waals surface area contributed by atoms with Gasteiger partial charge in [0.2, 0.25) is 0 Å². The SMILES string of the molecule is COc1cccc(N2C(=S)N[C@H](c3ccccn3)[C@H]2c2cccn2-c2cccc([N+](=O)[O-])c2)c1. The number of nitro benzene ring substituents is 1. The molecule has 2 aromatic heterocycles. The third-order valence-corrected chi connectivity index (χ3v) is 6.15. The topological polar surface area (TPSA) is 85.5 Å². The lowest BCUT2D eigenvalue weighted by Gasteiger charge is -2.29. The Bertz CT molecular complexity index is 1360. The van der Waals surface area contributed by atoms with E-state index in [1.807, 2.05) is 76.3 Å². The third kappa shape index (κ3) is 3.86. The number of methoxy groups -OCH3 is 1. The first-order chi connectivity index (χ1) is 16.6. The Labute approximate surface area is 201 Å². The second-order valence-electron chi connectivity index (χ2n) is 7.78. The van der Waals surface area contributed by atoms with Crippen LogP contribution in [-0.2, 0) is 0 Å². The monoisotopic (exact) mass is 471 g/mol. The normalized spacial score (nSPS) is 17.4. The van der Waals surface area contributed by atoms with Gasteiger partial charge in [0.05, 0.1) is 29.5 Å². The van der Waals surface area contributed by atoms with Crippen molar-refractivity contribution in [3.63, 3.8) is 0 Å². The average Bonchev–Trinajstić information content (AvgIpc) is 3.49. The van der Waals surface area contributed by atoms with Gasteiger partial charge in [-0.3, -0.25) is 15.1 Å². The van der Waals surface area contributed by atoms with Gasteiger partial charge in [-0.05, 0) is 54.7 Å². The van der Waals surface area contributed by atoms with E-state index < -0.39 is 4.92 Å². The summed E-state index contributed by atoms with van der Waals surface area (Å²) in [6.07, 6.45) is 3.65. The number of nitrogens with zero attached hydrogens (tertiary/aromatic N) is 4. The molecule has 0 saturated carbocycles. The predicted molar refractivity (Wildman–Crippen MR) is 133 cm³/mol. The fraction of sp³-hybridized carbons (Fsp3) is 0.120. The lowest BCUT2D eigenvalue weighted by atomic mass is 10.0. The lowest BCUT2D eigenvalue weighted by Crippen LogP contribution is -2.30. The number of rotatable bonds is 6. The molecule has 34 heavy (non-hydrogen) atoms. The number of hydrogen-bond donors (Lipinski definition) is 1. The Morgan fingerprint density at radius 3 is 2.62 bits per heavy atom. The maximum absolute atomic E-state index is 11.4. The molecule has 1 saturated heterocycles. The largest absolute Gasteiger partial charge is 0.497 e. The molecule has 1 aliphatic heterocycles. The summed E-state index contributed by atoms with van der Waals surface area (Å²) in [5, 5.41) is 15.4. The van der Waals surface area contributed by atoms with Gasteiger partial charge < -0.3 is 19.5 Å². The zero-order valence-corrected chi connectivity index (χ0v) is 19.1. The van der Waals surface area contributed by atoms with Crippen LogP contribution in [0.25, 0.3) is 5.69 Å². The van der Waals surface area contributed by atoms with Crippen molar-refractivity contribution in [3.8, 4) is 11.4 Å². The predicted octanol–water partition coefficient (Wildman–Crippen LogP) is 4.97. The molecule has 0 amide bonds. The zero-order valence-electron chi connectivity index (χ0n) is 18.2. The summed E-state index contributed by atoms with van der Waals surface area (Å²) >= 11 is 5.79. The van der Waals surface area contributed by atoms with Crippen molar-refractivity contribution < 1.29 is 9.66 Å².